The van der Waals surface area contributed by atoms with Crippen LogP contribution in [0, 0.1) is 11.6 Å². The van der Waals surface area contributed by atoms with Crippen molar-refractivity contribution in [1.82, 2.24) is 14.9 Å². The van der Waals surface area contributed by atoms with Gasteiger partial charge >= 0.3 is 0 Å². The van der Waals surface area contributed by atoms with Crippen molar-refractivity contribution in [3.8, 4) is 0 Å². The van der Waals surface area contributed by atoms with E-state index in [1.165, 1.54) is 12.1 Å². The molecule has 1 aromatic carbocycles. The highest BCUT2D eigenvalue weighted by Gasteiger charge is 2.00. The zero-order valence-electron chi connectivity index (χ0n) is 10.6. The first-order valence-electron chi connectivity index (χ1n) is 6.35. The van der Waals surface area contributed by atoms with Gasteiger partial charge in [-0.15, -0.1) is 0 Å². The molecule has 1 heterocycles. The van der Waals surface area contributed by atoms with E-state index in [9.17, 15) is 8.78 Å². The molecule has 0 aliphatic heterocycles. The van der Waals surface area contributed by atoms with Crippen LogP contribution in [0.3, 0.4) is 0 Å². The molecule has 0 saturated carbocycles. The second-order valence-corrected chi connectivity index (χ2v) is 4.43. The number of imidazole rings is 1. The van der Waals surface area contributed by atoms with Crippen LogP contribution in [0.5, 0.6) is 0 Å². The lowest BCUT2D eigenvalue weighted by atomic mass is 10.1. The molecular weight excluding hydrogens is 248 g/mol. The van der Waals surface area contributed by atoms with Gasteiger partial charge in [-0.2, -0.15) is 0 Å². The van der Waals surface area contributed by atoms with E-state index in [2.05, 4.69) is 10.3 Å². The Hall–Kier alpha value is -1.75. The quantitative estimate of drug-likeness (QED) is 0.779. The smallest absolute Gasteiger partial charge is 0.126 e. The van der Waals surface area contributed by atoms with Gasteiger partial charge in [-0.25, -0.2) is 13.8 Å². The molecule has 3 nitrogen and oxygen atoms in total. The second-order valence-electron chi connectivity index (χ2n) is 4.43. The van der Waals surface area contributed by atoms with E-state index in [1.54, 1.807) is 12.5 Å². The van der Waals surface area contributed by atoms with Crippen molar-refractivity contribution in [1.29, 1.82) is 0 Å². The van der Waals surface area contributed by atoms with Crippen LogP contribution in [0.2, 0.25) is 0 Å². The maximum Gasteiger partial charge on any atom is 0.126 e. The Labute approximate surface area is 111 Å². The molecule has 0 aliphatic rings. The average Bonchev–Trinajstić information content (AvgIpc) is 2.85. The molecule has 0 aliphatic carbocycles. The molecule has 0 fully saturated rings. The Morgan fingerprint density at radius 1 is 1.11 bits per heavy atom. The van der Waals surface area contributed by atoms with Crippen molar-refractivity contribution in [2.45, 2.75) is 19.4 Å². The molecule has 5 heteroatoms. The van der Waals surface area contributed by atoms with Crippen LogP contribution in [0.1, 0.15) is 12.0 Å². The molecule has 1 aromatic heterocycles. The van der Waals surface area contributed by atoms with Crippen LogP contribution in [0.4, 0.5) is 8.78 Å². The van der Waals surface area contributed by atoms with Crippen LogP contribution in [-0.4, -0.2) is 22.6 Å². The summed E-state index contributed by atoms with van der Waals surface area (Å²) < 4.78 is 27.9. The summed E-state index contributed by atoms with van der Waals surface area (Å²) in [4.78, 5) is 3.96. The SMILES string of the molecule is Fc1cc(F)cc(CCNCCCn2ccnc2)c1. The van der Waals surface area contributed by atoms with Gasteiger partial charge in [-0.3, -0.25) is 0 Å². The van der Waals surface area contributed by atoms with Crippen LogP contribution < -0.4 is 5.32 Å². The predicted molar refractivity (Wildman–Crippen MR) is 69.8 cm³/mol. The lowest BCUT2D eigenvalue weighted by molar-refractivity contribution is 0.569. The normalized spacial score (nSPS) is 10.8. The largest absolute Gasteiger partial charge is 0.337 e. The van der Waals surface area contributed by atoms with Crippen molar-refractivity contribution < 1.29 is 8.78 Å². The zero-order valence-corrected chi connectivity index (χ0v) is 10.6. The molecule has 0 atom stereocenters. The van der Waals surface area contributed by atoms with E-state index in [4.69, 9.17) is 0 Å². The highest BCUT2D eigenvalue weighted by molar-refractivity contribution is 5.18. The summed E-state index contributed by atoms with van der Waals surface area (Å²) in [6.07, 6.45) is 7.09. The Balaban J connectivity index is 1.61. The summed E-state index contributed by atoms with van der Waals surface area (Å²) in [6.45, 7) is 2.50. The summed E-state index contributed by atoms with van der Waals surface area (Å²) in [6, 6.07) is 3.63. The van der Waals surface area contributed by atoms with Gasteiger partial charge in [0, 0.05) is 25.0 Å². The lowest BCUT2D eigenvalue weighted by Crippen LogP contribution is -2.19. The van der Waals surface area contributed by atoms with Crippen molar-refractivity contribution in [2.24, 2.45) is 0 Å². The maximum absolute atomic E-state index is 12.9. The first kappa shape index (κ1) is 13.7. The Morgan fingerprint density at radius 2 is 1.89 bits per heavy atom. The first-order valence-corrected chi connectivity index (χ1v) is 6.35. The fourth-order valence-corrected chi connectivity index (χ4v) is 1.92. The number of benzene rings is 1. The van der Waals surface area contributed by atoms with Gasteiger partial charge in [-0.05, 0) is 43.6 Å². The Morgan fingerprint density at radius 3 is 2.58 bits per heavy atom. The molecule has 0 unspecified atom stereocenters. The van der Waals surface area contributed by atoms with Crippen molar-refractivity contribution in [3.63, 3.8) is 0 Å². The molecular formula is C14H17F2N3. The van der Waals surface area contributed by atoms with E-state index in [-0.39, 0.29) is 0 Å². The number of aryl methyl sites for hydroxylation is 1. The minimum atomic E-state index is -0.518. The second kappa shape index (κ2) is 6.99. The highest BCUT2D eigenvalue weighted by atomic mass is 19.1. The third kappa shape index (κ3) is 4.79. The fourth-order valence-electron chi connectivity index (χ4n) is 1.92. The molecule has 102 valence electrons. The standard InChI is InChI=1S/C14H17F2N3/c15-13-8-12(9-14(16)10-13)2-4-17-3-1-6-19-7-5-18-11-19/h5,7-11,17H,1-4,6H2. The van der Waals surface area contributed by atoms with E-state index in [0.717, 1.165) is 25.6 Å². The average molecular weight is 265 g/mol. The number of rotatable bonds is 7. The summed E-state index contributed by atoms with van der Waals surface area (Å²) >= 11 is 0. The number of nitrogens with zero attached hydrogens (tertiary/aromatic N) is 2. The number of hydrogen-bond donors (Lipinski definition) is 1. The van der Waals surface area contributed by atoms with Gasteiger partial charge in [0.15, 0.2) is 0 Å². The predicted octanol–water partition coefficient (Wildman–Crippen LogP) is 2.38. The lowest BCUT2D eigenvalue weighted by Gasteiger charge is -2.06. The molecule has 0 spiro atoms. The van der Waals surface area contributed by atoms with Crippen LogP contribution in [0.15, 0.2) is 36.9 Å². The fraction of sp³-hybridized carbons (Fsp3) is 0.357. The minimum absolute atomic E-state index is 0.518. The Kier molecular flexibility index (Phi) is 5.03. The molecule has 0 saturated heterocycles. The van der Waals surface area contributed by atoms with Gasteiger partial charge in [0.05, 0.1) is 6.33 Å². The van der Waals surface area contributed by atoms with Crippen LogP contribution >= 0.6 is 0 Å². The summed E-state index contributed by atoms with van der Waals surface area (Å²) in [5, 5.41) is 3.26. The first-order chi connectivity index (χ1) is 9.24. The molecule has 1 N–H and O–H groups in total. The number of hydrogen-bond acceptors (Lipinski definition) is 2. The zero-order chi connectivity index (χ0) is 13.5. The third-order valence-electron chi connectivity index (χ3n) is 2.84. The van der Waals surface area contributed by atoms with Crippen LogP contribution in [-0.2, 0) is 13.0 Å². The van der Waals surface area contributed by atoms with E-state index < -0.39 is 11.6 Å². The van der Waals surface area contributed by atoms with Gasteiger partial charge in [0.2, 0.25) is 0 Å². The summed E-state index contributed by atoms with van der Waals surface area (Å²) in [5.41, 5.74) is 0.680. The molecule has 0 bridgehead atoms. The topological polar surface area (TPSA) is 29.9 Å². The van der Waals surface area contributed by atoms with Crippen molar-refractivity contribution in [3.05, 3.63) is 54.1 Å². The Bertz CT molecular complexity index is 477. The number of halogens is 2. The number of aromatic nitrogens is 2. The molecule has 2 aromatic rings. The monoisotopic (exact) mass is 265 g/mol. The minimum Gasteiger partial charge on any atom is -0.337 e. The summed E-state index contributed by atoms with van der Waals surface area (Å²) in [5.74, 6) is -1.04. The van der Waals surface area contributed by atoms with E-state index >= 15 is 0 Å². The van der Waals surface area contributed by atoms with Gasteiger partial charge in [0.25, 0.3) is 0 Å². The molecule has 0 amide bonds. The third-order valence-corrected chi connectivity index (χ3v) is 2.84. The molecule has 2 rings (SSSR count). The van der Waals surface area contributed by atoms with Gasteiger partial charge in [-0.1, -0.05) is 0 Å². The highest BCUT2D eigenvalue weighted by Crippen LogP contribution is 2.08. The summed E-state index contributed by atoms with van der Waals surface area (Å²) in [7, 11) is 0. The van der Waals surface area contributed by atoms with Gasteiger partial charge in [0.1, 0.15) is 11.6 Å². The van der Waals surface area contributed by atoms with Crippen molar-refractivity contribution in [2.75, 3.05) is 13.1 Å². The maximum atomic E-state index is 12.9. The van der Waals surface area contributed by atoms with Gasteiger partial charge < -0.3 is 9.88 Å². The van der Waals surface area contributed by atoms with Crippen LogP contribution in [0.25, 0.3) is 0 Å². The van der Waals surface area contributed by atoms with E-state index in [0.29, 0.717) is 18.5 Å². The number of nitrogens with one attached hydrogen (secondary N) is 1. The molecule has 19 heavy (non-hydrogen) atoms. The molecule has 0 radical (unpaired) electrons. The van der Waals surface area contributed by atoms with Crippen molar-refractivity contribution >= 4 is 0 Å². The van der Waals surface area contributed by atoms with E-state index in [1.807, 2.05) is 10.8 Å².